The van der Waals surface area contributed by atoms with Crippen molar-refractivity contribution in [1.82, 2.24) is 10.2 Å². The van der Waals surface area contributed by atoms with Gasteiger partial charge in [-0.25, -0.2) is 0 Å². The fourth-order valence-corrected chi connectivity index (χ4v) is 2.36. The van der Waals surface area contributed by atoms with Crippen molar-refractivity contribution in [1.29, 1.82) is 0 Å². The van der Waals surface area contributed by atoms with Gasteiger partial charge in [0.1, 0.15) is 12.4 Å². The predicted molar refractivity (Wildman–Crippen MR) is 97.5 cm³/mol. The molecule has 4 nitrogen and oxygen atoms in total. The maximum absolute atomic E-state index is 12.0. The summed E-state index contributed by atoms with van der Waals surface area (Å²) in [5.41, 5.74) is 2.32. The van der Waals surface area contributed by atoms with Gasteiger partial charge in [-0.15, -0.1) is 0 Å². The third-order valence-electron chi connectivity index (χ3n) is 3.71. The van der Waals surface area contributed by atoms with E-state index in [9.17, 15) is 4.79 Å². The number of nitrogens with one attached hydrogen (secondary N) is 1. The third kappa shape index (κ3) is 6.22. The van der Waals surface area contributed by atoms with Gasteiger partial charge in [0.2, 0.25) is 5.91 Å². The summed E-state index contributed by atoms with van der Waals surface area (Å²) in [5, 5.41) is 3.63. The molecule has 0 heterocycles. The minimum atomic E-state index is 0.00671. The fourth-order valence-electron chi connectivity index (χ4n) is 2.23. The third-order valence-corrected chi connectivity index (χ3v) is 3.96. The summed E-state index contributed by atoms with van der Waals surface area (Å²) in [6.45, 7) is 4.13. The lowest BCUT2D eigenvalue weighted by atomic mass is 10.1. The summed E-state index contributed by atoms with van der Waals surface area (Å²) in [5.74, 6) is 0.782. The molecular weight excluding hydrogens is 324 g/mol. The maximum Gasteiger partial charge on any atom is 0.234 e. The molecule has 0 unspecified atom stereocenters. The van der Waals surface area contributed by atoms with Crippen LogP contribution in [0.4, 0.5) is 0 Å². The number of carbonyl (C=O) groups excluding carboxylic acids is 1. The second-order valence-electron chi connectivity index (χ2n) is 5.74. The fraction of sp³-hybridized carbons (Fsp3) is 0.316. The molecule has 0 aliphatic rings. The molecule has 128 valence electrons. The van der Waals surface area contributed by atoms with E-state index in [2.05, 4.69) is 5.32 Å². The van der Waals surface area contributed by atoms with Crippen molar-refractivity contribution in [2.75, 3.05) is 26.7 Å². The highest BCUT2D eigenvalue weighted by Gasteiger charge is 2.07. The second kappa shape index (κ2) is 9.30. The van der Waals surface area contributed by atoms with Gasteiger partial charge in [-0.05, 0) is 49.4 Å². The summed E-state index contributed by atoms with van der Waals surface area (Å²) in [6.07, 6.45) is 0. The second-order valence-corrected chi connectivity index (χ2v) is 6.18. The van der Waals surface area contributed by atoms with Crippen LogP contribution in [-0.2, 0) is 11.3 Å². The first-order chi connectivity index (χ1) is 11.5. The van der Waals surface area contributed by atoms with Gasteiger partial charge in [-0.2, -0.15) is 0 Å². The standard InChI is InChI=1S/C19H23ClN2O2/c1-15-5-3-4-6-16(15)13-21-19(23)14-22(2)11-12-24-18-9-7-17(20)8-10-18/h3-10H,11-14H2,1-2H3,(H,21,23). The average molecular weight is 347 g/mol. The lowest BCUT2D eigenvalue weighted by molar-refractivity contribution is -0.122. The number of hydrogen-bond acceptors (Lipinski definition) is 3. The number of halogens is 1. The average Bonchev–Trinajstić information content (AvgIpc) is 2.56. The number of rotatable bonds is 8. The molecule has 5 heteroatoms. The van der Waals surface area contributed by atoms with E-state index in [1.165, 1.54) is 5.56 Å². The SMILES string of the molecule is Cc1ccccc1CNC(=O)CN(C)CCOc1ccc(Cl)cc1. The molecule has 0 saturated carbocycles. The van der Waals surface area contributed by atoms with Crippen molar-refractivity contribution < 1.29 is 9.53 Å². The Morgan fingerprint density at radius 2 is 1.88 bits per heavy atom. The molecule has 0 fully saturated rings. The Hall–Kier alpha value is -2.04. The van der Waals surface area contributed by atoms with E-state index in [0.29, 0.717) is 31.3 Å². The highest BCUT2D eigenvalue weighted by Crippen LogP contribution is 2.15. The van der Waals surface area contributed by atoms with Crippen LogP contribution in [-0.4, -0.2) is 37.6 Å². The summed E-state index contributed by atoms with van der Waals surface area (Å²) in [4.78, 5) is 13.9. The number of hydrogen-bond donors (Lipinski definition) is 1. The van der Waals surface area contributed by atoms with Crippen molar-refractivity contribution in [3.05, 3.63) is 64.7 Å². The molecule has 0 radical (unpaired) electrons. The normalized spacial score (nSPS) is 10.7. The van der Waals surface area contributed by atoms with Gasteiger partial charge in [0, 0.05) is 18.1 Å². The van der Waals surface area contributed by atoms with E-state index in [1.54, 1.807) is 12.1 Å². The van der Waals surface area contributed by atoms with Crippen LogP contribution in [0.3, 0.4) is 0 Å². The Morgan fingerprint density at radius 3 is 2.58 bits per heavy atom. The molecule has 0 spiro atoms. The van der Waals surface area contributed by atoms with Crippen LogP contribution in [0.25, 0.3) is 0 Å². The Morgan fingerprint density at radius 1 is 1.17 bits per heavy atom. The van der Waals surface area contributed by atoms with Crippen molar-refractivity contribution in [3.8, 4) is 5.75 Å². The molecule has 2 aromatic rings. The largest absolute Gasteiger partial charge is 0.492 e. The lowest BCUT2D eigenvalue weighted by Crippen LogP contribution is -2.36. The van der Waals surface area contributed by atoms with E-state index in [-0.39, 0.29) is 5.91 Å². The molecule has 0 bridgehead atoms. The van der Waals surface area contributed by atoms with Gasteiger partial charge in [0.15, 0.2) is 0 Å². The number of likely N-dealkylation sites (N-methyl/N-ethyl adjacent to an activating group) is 1. The zero-order valence-corrected chi connectivity index (χ0v) is 14.8. The quantitative estimate of drug-likeness (QED) is 0.797. The van der Waals surface area contributed by atoms with Crippen LogP contribution in [0.5, 0.6) is 5.75 Å². The van der Waals surface area contributed by atoms with Crippen molar-refractivity contribution >= 4 is 17.5 Å². The number of amides is 1. The molecule has 0 aliphatic heterocycles. The Balaban J connectivity index is 1.66. The summed E-state index contributed by atoms with van der Waals surface area (Å²) >= 11 is 5.83. The first-order valence-corrected chi connectivity index (χ1v) is 8.30. The molecule has 1 N–H and O–H groups in total. The Labute approximate surface area is 148 Å². The zero-order chi connectivity index (χ0) is 17.4. The van der Waals surface area contributed by atoms with Gasteiger partial charge in [-0.1, -0.05) is 35.9 Å². The Bertz CT molecular complexity index is 659. The molecular formula is C19H23ClN2O2. The van der Waals surface area contributed by atoms with Crippen molar-refractivity contribution in [2.45, 2.75) is 13.5 Å². The molecule has 0 aliphatic carbocycles. The van der Waals surface area contributed by atoms with E-state index < -0.39 is 0 Å². The smallest absolute Gasteiger partial charge is 0.234 e. The van der Waals surface area contributed by atoms with Gasteiger partial charge in [0.25, 0.3) is 0 Å². The highest BCUT2D eigenvalue weighted by molar-refractivity contribution is 6.30. The Kier molecular flexibility index (Phi) is 7.09. The maximum atomic E-state index is 12.0. The minimum Gasteiger partial charge on any atom is -0.492 e. The number of carbonyl (C=O) groups is 1. The first kappa shape index (κ1) is 18.3. The molecule has 1 amide bonds. The molecule has 0 aromatic heterocycles. The van der Waals surface area contributed by atoms with Crippen molar-refractivity contribution in [3.63, 3.8) is 0 Å². The number of ether oxygens (including phenoxy) is 1. The van der Waals surface area contributed by atoms with E-state index in [4.69, 9.17) is 16.3 Å². The lowest BCUT2D eigenvalue weighted by Gasteiger charge is -2.17. The van der Waals surface area contributed by atoms with Gasteiger partial charge in [-0.3, -0.25) is 9.69 Å². The topological polar surface area (TPSA) is 41.6 Å². The first-order valence-electron chi connectivity index (χ1n) is 7.92. The molecule has 2 aromatic carbocycles. The van der Waals surface area contributed by atoms with Crippen LogP contribution in [0.2, 0.25) is 5.02 Å². The van der Waals surface area contributed by atoms with Crippen LogP contribution < -0.4 is 10.1 Å². The van der Waals surface area contributed by atoms with Crippen LogP contribution in [0.1, 0.15) is 11.1 Å². The highest BCUT2D eigenvalue weighted by atomic mass is 35.5. The number of aryl methyl sites for hydroxylation is 1. The van der Waals surface area contributed by atoms with Crippen molar-refractivity contribution in [2.24, 2.45) is 0 Å². The van der Waals surface area contributed by atoms with Crippen LogP contribution in [0.15, 0.2) is 48.5 Å². The van der Waals surface area contributed by atoms with E-state index >= 15 is 0 Å². The van der Waals surface area contributed by atoms with E-state index in [0.717, 1.165) is 11.3 Å². The van der Waals surface area contributed by atoms with Crippen LogP contribution >= 0.6 is 11.6 Å². The van der Waals surface area contributed by atoms with Gasteiger partial charge >= 0.3 is 0 Å². The number of nitrogens with zero attached hydrogens (tertiary/aromatic N) is 1. The predicted octanol–water partition coefficient (Wildman–Crippen LogP) is 3.28. The summed E-state index contributed by atoms with van der Waals surface area (Å²) in [7, 11) is 1.90. The minimum absolute atomic E-state index is 0.00671. The van der Waals surface area contributed by atoms with E-state index in [1.807, 2.05) is 55.3 Å². The van der Waals surface area contributed by atoms with Crippen LogP contribution in [0, 0.1) is 6.92 Å². The zero-order valence-electron chi connectivity index (χ0n) is 14.1. The molecule has 0 saturated heterocycles. The summed E-state index contributed by atoms with van der Waals surface area (Å²) in [6, 6.07) is 15.3. The molecule has 24 heavy (non-hydrogen) atoms. The summed E-state index contributed by atoms with van der Waals surface area (Å²) < 4.78 is 5.63. The molecule has 2 rings (SSSR count). The number of benzene rings is 2. The van der Waals surface area contributed by atoms with Gasteiger partial charge in [0.05, 0.1) is 6.54 Å². The monoisotopic (exact) mass is 346 g/mol. The van der Waals surface area contributed by atoms with Gasteiger partial charge < -0.3 is 10.1 Å². The molecule has 0 atom stereocenters.